The van der Waals surface area contributed by atoms with Crippen molar-refractivity contribution in [3.05, 3.63) is 118 Å². The number of ether oxygens (including phenoxy) is 3. The molecule has 4 aromatic rings. The summed E-state index contributed by atoms with van der Waals surface area (Å²) in [7, 11) is 1.59. The monoisotopic (exact) mass is 547 g/mol. The summed E-state index contributed by atoms with van der Waals surface area (Å²) < 4.78 is 18.1. The third kappa shape index (κ3) is 5.23. The molecule has 0 aromatic heterocycles. The number of anilines is 1. The van der Waals surface area contributed by atoms with Gasteiger partial charge in [0, 0.05) is 23.2 Å². The standard InChI is InChI=1S/C34H33N3O4/c1-21-16-22(2)33(23(3)17-21)35-32(38)20-40-30-15-14-25(18-31(30)39-4)34-37-28(26-12-8-9-13-29(26)41-34)19-27(36-37)24-10-6-5-7-11-24/h5-18,28,34H,19-20H2,1-4H3,(H,35,38). The molecule has 6 rings (SSSR count). The van der Waals surface area contributed by atoms with Crippen molar-refractivity contribution in [1.29, 1.82) is 0 Å². The van der Waals surface area contributed by atoms with E-state index in [1.54, 1.807) is 7.11 Å². The van der Waals surface area contributed by atoms with Gasteiger partial charge < -0.3 is 19.5 Å². The molecular weight excluding hydrogens is 514 g/mol. The molecule has 7 nitrogen and oxygen atoms in total. The molecule has 2 atom stereocenters. The SMILES string of the molecule is COc1cc(C2Oc3ccccc3C3CC(c4ccccc4)=NN32)ccc1OCC(=O)Nc1c(C)cc(C)cc1C. The molecule has 2 aliphatic rings. The van der Waals surface area contributed by atoms with Crippen molar-refractivity contribution in [3.63, 3.8) is 0 Å². The van der Waals surface area contributed by atoms with Crippen LogP contribution in [0, 0.1) is 20.8 Å². The van der Waals surface area contributed by atoms with E-state index < -0.39 is 6.23 Å². The van der Waals surface area contributed by atoms with Crippen LogP contribution in [-0.4, -0.2) is 30.3 Å². The Morgan fingerprint density at radius 1 is 0.951 bits per heavy atom. The minimum atomic E-state index is -0.449. The van der Waals surface area contributed by atoms with Crippen molar-refractivity contribution >= 4 is 17.3 Å². The molecule has 4 aromatic carbocycles. The second kappa shape index (κ2) is 11.0. The van der Waals surface area contributed by atoms with E-state index in [0.717, 1.165) is 57.0 Å². The van der Waals surface area contributed by atoms with Crippen molar-refractivity contribution in [2.24, 2.45) is 5.10 Å². The molecule has 2 heterocycles. The van der Waals surface area contributed by atoms with Crippen LogP contribution in [0.5, 0.6) is 17.2 Å². The van der Waals surface area contributed by atoms with Crippen molar-refractivity contribution in [2.45, 2.75) is 39.5 Å². The number of hydrazone groups is 1. The van der Waals surface area contributed by atoms with Crippen molar-refractivity contribution in [2.75, 3.05) is 19.0 Å². The van der Waals surface area contributed by atoms with E-state index in [0.29, 0.717) is 11.5 Å². The van der Waals surface area contributed by atoms with Gasteiger partial charge in [0.15, 0.2) is 18.1 Å². The van der Waals surface area contributed by atoms with E-state index >= 15 is 0 Å². The zero-order chi connectivity index (χ0) is 28.5. The largest absolute Gasteiger partial charge is 0.493 e. The second-order valence-electron chi connectivity index (χ2n) is 10.5. The number of nitrogens with one attached hydrogen (secondary N) is 1. The van der Waals surface area contributed by atoms with Crippen LogP contribution in [0.25, 0.3) is 0 Å². The highest BCUT2D eigenvalue weighted by Crippen LogP contribution is 2.48. The molecule has 1 N–H and O–H groups in total. The highest BCUT2D eigenvalue weighted by atomic mass is 16.5. The molecule has 0 saturated carbocycles. The Labute approximate surface area is 240 Å². The first-order valence-corrected chi connectivity index (χ1v) is 13.8. The van der Waals surface area contributed by atoms with Crippen LogP contribution in [0.2, 0.25) is 0 Å². The topological polar surface area (TPSA) is 72.4 Å². The minimum Gasteiger partial charge on any atom is -0.493 e. The zero-order valence-corrected chi connectivity index (χ0v) is 23.7. The van der Waals surface area contributed by atoms with Crippen molar-refractivity contribution < 1.29 is 19.0 Å². The number of carbonyl (C=O) groups is 1. The highest BCUT2D eigenvalue weighted by molar-refractivity contribution is 6.02. The van der Waals surface area contributed by atoms with Gasteiger partial charge in [-0.1, -0.05) is 66.2 Å². The lowest BCUT2D eigenvalue weighted by Crippen LogP contribution is -2.33. The van der Waals surface area contributed by atoms with E-state index in [9.17, 15) is 4.79 Å². The number of fused-ring (bicyclic) bond motifs is 3. The van der Waals surface area contributed by atoms with E-state index in [4.69, 9.17) is 19.3 Å². The minimum absolute atomic E-state index is 0.0551. The smallest absolute Gasteiger partial charge is 0.262 e. The summed E-state index contributed by atoms with van der Waals surface area (Å²) in [6.45, 7) is 5.87. The summed E-state index contributed by atoms with van der Waals surface area (Å²) in [5, 5.41) is 10.1. The van der Waals surface area contributed by atoms with Gasteiger partial charge in [-0.05, 0) is 61.7 Å². The Morgan fingerprint density at radius 2 is 1.68 bits per heavy atom. The highest BCUT2D eigenvalue weighted by Gasteiger charge is 2.41. The van der Waals surface area contributed by atoms with Gasteiger partial charge in [0.1, 0.15) is 5.75 Å². The van der Waals surface area contributed by atoms with Gasteiger partial charge >= 0.3 is 0 Å². The van der Waals surface area contributed by atoms with Crippen LogP contribution in [0.1, 0.15) is 52.1 Å². The first kappa shape index (κ1) is 26.4. The number of hydrogen-bond acceptors (Lipinski definition) is 6. The van der Waals surface area contributed by atoms with Gasteiger partial charge in [-0.15, -0.1) is 0 Å². The predicted octanol–water partition coefficient (Wildman–Crippen LogP) is 6.88. The number of hydrogen-bond donors (Lipinski definition) is 1. The summed E-state index contributed by atoms with van der Waals surface area (Å²) in [4.78, 5) is 12.8. The van der Waals surface area contributed by atoms with Gasteiger partial charge in [0.05, 0.1) is 18.9 Å². The maximum absolute atomic E-state index is 12.8. The van der Waals surface area contributed by atoms with E-state index in [1.807, 2.05) is 80.4 Å². The zero-order valence-electron chi connectivity index (χ0n) is 23.7. The number of aryl methyl sites for hydroxylation is 3. The fraction of sp³-hybridized carbons (Fsp3) is 0.235. The summed E-state index contributed by atoms with van der Waals surface area (Å²) in [6.07, 6.45) is 0.337. The van der Waals surface area contributed by atoms with E-state index in [2.05, 4.69) is 35.6 Å². The van der Waals surface area contributed by atoms with Crippen LogP contribution >= 0.6 is 0 Å². The van der Waals surface area contributed by atoms with Crippen LogP contribution in [0.3, 0.4) is 0 Å². The number of rotatable bonds is 7. The summed E-state index contributed by atoms with van der Waals surface area (Å²) in [5.74, 6) is 1.61. The molecule has 0 fully saturated rings. The summed E-state index contributed by atoms with van der Waals surface area (Å²) in [5.41, 5.74) is 8.14. The fourth-order valence-electron chi connectivity index (χ4n) is 5.71. The van der Waals surface area contributed by atoms with Gasteiger partial charge in [-0.2, -0.15) is 5.10 Å². The quantitative estimate of drug-likeness (QED) is 0.273. The maximum atomic E-state index is 12.8. The molecular formula is C34H33N3O4. The Balaban J connectivity index is 1.23. The van der Waals surface area contributed by atoms with Gasteiger partial charge in [-0.25, -0.2) is 5.01 Å². The predicted molar refractivity (Wildman–Crippen MR) is 160 cm³/mol. The molecule has 0 spiro atoms. The van der Waals surface area contributed by atoms with E-state index in [-0.39, 0.29) is 18.6 Å². The van der Waals surface area contributed by atoms with Crippen LogP contribution in [-0.2, 0) is 4.79 Å². The van der Waals surface area contributed by atoms with Gasteiger partial charge in [0.2, 0.25) is 6.23 Å². The average Bonchev–Trinajstić information content (AvgIpc) is 3.44. The molecule has 2 unspecified atom stereocenters. The molecule has 0 saturated heterocycles. The third-order valence-electron chi connectivity index (χ3n) is 7.58. The van der Waals surface area contributed by atoms with Crippen molar-refractivity contribution in [1.82, 2.24) is 5.01 Å². The number of amides is 1. The second-order valence-corrected chi connectivity index (χ2v) is 10.5. The van der Waals surface area contributed by atoms with Crippen LogP contribution in [0.15, 0.2) is 90.0 Å². The number of carbonyl (C=O) groups excluding carboxylic acids is 1. The molecule has 7 heteroatoms. The number of para-hydroxylation sites is 1. The Bertz CT molecular complexity index is 1610. The summed E-state index contributed by atoms with van der Waals surface area (Å²) in [6, 6.07) is 28.2. The maximum Gasteiger partial charge on any atom is 0.262 e. The molecule has 0 bridgehead atoms. The Morgan fingerprint density at radius 3 is 2.44 bits per heavy atom. The van der Waals surface area contributed by atoms with Gasteiger partial charge in [-0.3, -0.25) is 4.79 Å². The third-order valence-corrected chi connectivity index (χ3v) is 7.58. The summed E-state index contributed by atoms with van der Waals surface area (Å²) >= 11 is 0. The van der Waals surface area contributed by atoms with E-state index in [1.165, 1.54) is 0 Å². The Hall–Kier alpha value is -4.78. The number of nitrogens with zero attached hydrogens (tertiary/aromatic N) is 2. The van der Waals surface area contributed by atoms with Crippen LogP contribution in [0.4, 0.5) is 5.69 Å². The molecule has 0 aliphatic carbocycles. The number of methoxy groups -OCH3 is 1. The average molecular weight is 548 g/mol. The first-order chi connectivity index (χ1) is 19.9. The lowest BCUT2D eigenvalue weighted by molar-refractivity contribution is -0.118. The molecule has 41 heavy (non-hydrogen) atoms. The first-order valence-electron chi connectivity index (χ1n) is 13.8. The molecule has 0 radical (unpaired) electrons. The molecule has 2 aliphatic heterocycles. The van der Waals surface area contributed by atoms with Gasteiger partial charge in [0.25, 0.3) is 5.91 Å². The molecule has 1 amide bonds. The van der Waals surface area contributed by atoms with Crippen molar-refractivity contribution in [3.8, 4) is 17.2 Å². The number of benzene rings is 4. The Kier molecular flexibility index (Phi) is 7.10. The van der Waals surface area contributed by atoms with Crippen LogP contribution < -0.4 is 19.5 Å². The lowest BCUT2D eigenvalue weighted by Gasteiger charge is -2.38. The molecule has 208 valence electrons. The fourth-order valence-corrected chi connectivity index (χ4v) is 5.71. The lowest BCUT2D eigenvalue weighted by atomic mass is 9.96. The normalized spacial score (nSPS) is 17.2.